The molecule has 0 unspecified atom stereocenters. The van der Waals surface area contributed by atoms with Crippen LogP contribution in [0.4, 0.5) is 11.4 Å². The van der Waals surface area contributed by atoms with E-state index in [4.69, 9.17) is 9.84 Å². The molecule has 8 nitrogen and oxygen atoms in total. The highest BCUT2D eigenvalue weighted by molar-refractivity contribution is 5.93. The molecule has 21 heavy (non-hydrogen) atoms. The summed E-state index contributed by atoms with van der Waals surface area (Å²) in [4.78, 5) is 21.1. The van der Waals surface area contributed by atoms with Crippen molar-refractivity contribution in [1.29, 1.82) is 0 Å². The number of nitrogens with zero attached hydrogens (tertiary/aromatic N) is 1. The second-order valence-electron chi connectivity index (χ2n) is 4.98. The molecule has 1 aromatic carbocycles. The van der Waals surface area contributed by atoms with Crippen LogP contribution in [0.1, 0.15) is 23.2 Å². The minimum atomic E-state index is -1.37. The van der Waals surface area contributed by atoms with Crippen LogP contribution in [0.25, 0.3) is 0 Å². The number of benzene rings is 1. The fourth-order valence-electron chi connectivity index (χ4n) is 2.17. The minimum Gasteiger partial charge on any atom is -0.477 e. The van der Waals surface area contributed by atoms with E-state index in [9.17, 15) is 20.0 Å². The topological polar surface area (TPSA) is 122 Å². The van der Waals surface area contributed by atoms with Crippen molar-refractivity contribution in [3.63, 3.8) is 0 Å². The molecule has 0 aromatic heterocycles. The maximum absolute atomic E-state index is 11.0. The Morgan fingerprint density at radius 1 is 1.43 bits per heavy atom. The lowest BCUT2D eigenvalue weighted by molar-refractivity contribution is -0.385. The lowest BCUT2D eigenvalue weighted by atomic mass is 9.94. The smallest absolute Gasteiger partial charge is 0.342 e. The molecule has 0 radical (unpaired) electrons. The van der Waals surface area contributed by atoms with E-state index in [-0.39, 0.29) is 12.1 Å². The summed E-state index contributed by atoms with van der Waals surface area (Å²) in [7, 11) is 0. The Kier molecular flexibility index (Phi) is 4.39. The normalized spacial score (nSPS) is 17.2. The zero-order valence-corrected chi connectivity index (χ0v) is 11.2. The van der Waals surface area contributed by atoms with Gasteiger partial charge in [0, 0.05) is 44.4 Å². The van der Waals surface area contributed by atoms with Gasteiger partial charge in [-0.1, -0.05) is 0 Å². The number of anilines is 1. The second-order valence-corrected chi connectivity index (χ2v) is 4.98. The van der Waals surface area contributed by atoms with Crippen molar-refractivity contribution in [1.82, 2.24) is 0 Å². The summed E-state index contributed by atoms with van der Waals surface area (Å²) in [5.74, 6) is -1.37. The Bertz CT molecular complexity index is 554. The van der Waals surface area contributed by atoms with Crippen LogP contribution in [0.2, 0.25) is 0 Å². The van der Waals surface area contributed by atoms with Gasteiger partial charge in [-0.05, 0) is 12.1 Å². The number of nitro benzene ring substituents is 1. The molecule has 0 atom stereocenters. The summed E-state index contributed by atoms with van der Waals surface area (Å²) in [5.41, 5.74) is -1.34. The average Bonchev–Trinajstić information content (AvgIpc) is 2.45. The van der Waals surface area contributed by atoms with Crippen LogP contribution < -0.4 is 5.32 Å². The Labute approximate surface area is 120 Å². The summed E-state index contributed by atoms with van der Waals surface area (Å²) >= 11 is 0. The summed E-state index contributed by atoms with van der Waals surface area (Å²) in [6, 6.07) is 3.76. The van der Waals surface area contributed by atoms with E-state index in [0.717, 1.165) is 6.07 Å². The van der Waals surface area contributed by atoms with E-state index in [1.165, 1.54) is 12.1 Å². The SMILES string of the molecule is O=C(O)c1cc(NCC2(O)CCOCC2)ccc1[N+](=O)[O-]. The van der Waals surface area contributed by atoms with Gasteiger partial charge in [-0.15, -0.1) is 0 Å². The van der Waals surface area contributed by atoms with E-state index in [1.54, 1.807) is 0 Å². The molecule has 8 heteroatoms. The number of ether oxygens (including phenoxy) is 1. The van der Waals surface area contributed by atoms with Crippen LogP contribution >= 0.6 is 0 Å². The van der Waals surface area contributed by atoms with Gasteiger partial charge in [0.15, 0.2) is 0 Å². The van der Waals surface area contributed by atoms with E-state index in [1.807, 2.05) is 0 Å². The van der Waals surface area contributed by atoms with E-state index in [0.29, 0.717) is 31.7 Å². The Hall–Kier alpha value is -2.19. The largest absolute Gasteiger partial charge is 0.477 e. The third-order valence-electron chi connectivity index (χ3n) is 3.47. The molecule has 1 aliphatic heterocycles. The summed E-state index contributed by atoms with van der Waals surface area (Å²) in [6.45, 7) is 1.17. The fraction of sp³-hybridized carbons (Fsp3) is 0.462. The first-order valence-electron chi connectivity index (χ1n) is 6.47. The van der Waals surface area contributed by atoms with Crippen molar-refractivity contribution in [2.45, 2.75) is 18.4 Å². The number of aliphatic hydroxyl groups is 1. The molecule has 1 aromatic rings. The standard InChI is InChI=1S/C13H16N2O6/c16-12(17)10-7-9(1-2-11(10)15(19)20)14-8-13(18)3-5-21-6-4-13/h1-2,7,14,18H,3-6,8H2,(H,16,17). The van der Waals surface area contributed by atoms with Crippen molar-refractivity contribution in [2.24, 2.45) is 0 Å². The highest BCUT2D eigenvalue weighted by Gasteiger charge is 2.29. The number of nitro groups is 1. The Morgan fingerprint density at radius 3 is 2.67 bits per heavy atom. The van der Waals surface area contributed by atoms with E-state index < -0.39 is 22.2 Å². The van der Waals surface area contributed by atoms with Crippen molar-refractivity contribution in [2.75, 3.05) is 25.1 Å². The number of aromatic carboxylic acids is 1. The molecule has 1 heterocycles. The van der Waals surface area contributed by atoms with Crippen LogP contribution in [0.5, 0.6) is 0 Å². The van der Waals surface area contributed by atoms with Gasteiger partial charge in [0.25, 0.3) is 5.69 Å². The van der Waals surface area contributed by atoms with Gasteiger partial charge in [-0.3, -0.25) is 10.1 Å². The maximum Gasteiger partial charge on any atom is 0.342 e. The molecule has 0 saturated carbocycles. The molecule has 114 valence electrons. The number of carboxylic acid groups (broad SMARTS) is 1. The Balaban J connectivity index is 2.12. The van der Waals surface area contributed by atoms with Gasteiger partial charge in [-0.25, -0.2) is 4.79 Å². The van der Waals surface area contributed by atoms with Crippen molar-refractivity contribution in [3.8, 4) is 0 Å². The highest BCUT2D eigenvalue weighted by atomic mass is 16.6. The Morgan fingerprint density at radius 2 is 2.10 bits per heavy atom. The molecule has 2 rings (SSSR count). The highest BCUT2D eigenvalue weighted by Crippen LogP contribution is 2.25. The van der Waals surface area contributed by atoms with Gasteiger partial charge in [0.2, 0.25) is 0 Å². The monoisotopic (exact) mass is 296 g/mol. The lowest BCUT2D eigenvalue weighted by Gasteiger charge is -2.32. The second kappa shape index (κ2) is 6.06. The molecular formula is C13H16N2O6. The van der Waals surface area contributed by atoms with E-state index in [2.05, 4.69) is 5.32 Å². The first kappa shape index (κ1) is 15.2. The molecule has 0 amide bonds. The zero-order valence-electron chi connectivity index (χ0n) is 11.2. The van der Waals surface area contributed by atoms with Gasteiger partial charge in [-0.2, -0.15) is 0 Å². The minimum absolute atomic E-state index is 0.229. The average molecular weight is 296 g/mol. The van der Waals surface area contributed by atoms with Crippen molar-refractivity contribution < 1.29 is 24.7 Å². The van der Waals surface area contributed by atoms with Crippen LogP contribution in [-0.2, 0) is 4.74 Å². The first-order chi connectivity index (χ1) is 9.91. The number of hydrogen-bond acceptors (Lipinski definition) is 6. The molecule has 0 bridgehead atoms. The molecule has 0 aliphatic carbocycles. The predicted molar refractivity (Wildman–Crippen MR) is 73.5 cm³/mol. The summed E-state index contributed by atoms with van der Waals surface area (Å²) in [6.07, 6.45) is 0.970. The number of hydrogen-bond donors (Lipinski definition) is 3. The number of carbonyl (C=O) groups is 1. The fourth-order valence-corrected chi connectivity index (χ4v) is 2.17. The van der Waals surface area contributed by atoms with Gasteiger partial charge in [0.1, 0.15) is 5.56 Å². The predicted octanol–water partition coefficient (Wildman–Crippen LogP) is 1.25. The van der Waals surface area contributed by atoms with Crippen LogP contribution in [0.15, 0.2) is 18.2 Å². The zero-order chi connectivity index (χ0) is 15.5. The summed E-state index contributed by atoms with van der Waals surface area (Å²) in [5, 5.41) is 33.0. The van der Waals surface area contributed by atoms with E-state index >= 15 is 0 Å². The molecule has 1 fully saturated rings. The number of nitrogens with one attached hydrogen (secondary N) is 1. The van der Waals surface area contributed by atoms with Gasteiger partial charge in [0.05, 0.1) is 10.5 Å². The number of carboxylic acids is 1. The quantitative estimate of drug-likeness (QED) is 0.552. The van der Waals surface area contributed by atoms with Crippen molar-refractivity contribution in [3.05, 3.63) is 33.9 Å². The first-order valence-corrected chi connectivity index (χ1v) is 6.47. The molecular weight excluding hydrogens is 280 g/mol. The van der Waals surface area contributed by atoms with Gasteiger partial charge >= 0.3 is 5.97 Å². The molecule has 3 N–H and O–H groups in total. The van der Waals surface area contributed by atoms with Crippen LogP contribution in [0.3, 0.4) is 0 Å². The third kappa shape index (κ3) is 3.67. The van der Waals surface area contributed by atoms with Crippen molar-refractivity contribution >= 4 is 17.3 Å². The van der Waals surface area contributed by atoms with Crippen LogP contribution in [-0.4, -0.2) is 46.5 Å². The molecule has 1 saturated heterocycles. The summed E-state index contributed by atoms with van der Waals surface area (Å²) < 4.78 is 5.17. The van der Waals surface area contributed by atoms with Crippen LogP contribution in [0, 0.1) is 10.1 Å². The maximum atomic E-state index is 11.0. The number of rotatable bonds is 5. The molecule has 0 spiro atoms. The molecule has 1 aliphatic rings. The lowest BCUT2D eigenvalue weighted by Crippen LogP contribution is -2.42. The third-order valence-corrected chi connectivity index (χ3v) is 3.47. The van der Waals surface area contributed by atoms with Gasteiger partial charge < -0.3 is 20.3 Å².